The molecule has 2 N–H and O–H groups in total. The van der Waals surface area contributed by atoms with Crippen LogP contribution in [-0.4, -0.2) is 50.0 Å². The molecule has 1 aliphatic rings. The molecule has 124 valence electrons. The number of hydrogen-bond acceptors (Lipinski definition) is 6. The van der Waals surface area contributed by atoms with E-state index in [4.69, 9.17) is 10.5 Å². The molecule has 0 spiro atoms. The average molecular weight is 352 g/mol. The fourth-order valence-corrected chi connectivity index (χ4v) is 3.89. The highest BCUT2D eigenvalue weighted by Gasteiger charge is 2.31. The Bertz CT molecular complexity index is 652. The van der Waals surface area contributed by atoms with Gasteiger partial charge in [-0.25, -0.2) is 8.42 Å². The number of hydrogen-bond donors (Lipinski definition) is 1. The molecule has 0 aliphatic carbocycles. The quantitative estimate of drug-likeness (QED) is 0.629. The van der Waals surface area contributed by atoms with Crippen molar-refractivity contribution in [3.63, 3.8) is 0 Å². The summed E-state index contributed by atoms with van der Waals surface area (Å²) in [5, 5.41) is 10.7. The van der Waals surface area contributed by atoms with Gasteiger partial charge in [0.05, 0.1) is 22.5 Å². The van der Waals surface area contributed by atoms with Crippen molar-refractivity contribution in [1.82, 2.24) is 4.31 Å². The van der Waals surface area contributed by atoms with Crippen LogP contribution >= 0.6 is 12.4 Å². The van der Waals surface area contributed by atoms with E-state index in [1.54, 1.807) is 6.92 Å². The SMILES string of the molecule is Cc1cc([N+](=O)[O-])ccc1S(=O)(=O)N1CCOC(CN)C1.Cl. The van der Waals surface area contributed by atoms with Crippen LogP contribution in [0.5, 0.6) is 0 Å². The van der Waals surface area contributed by atoms with Gasteiger partial charge >= 0.3 is 0 Å². The van der Waals surface area contributed by atoms with Crippen LogP contribution in [0.1, 0.15) is 5.56 Å². The zero-order valence-electron chi connectivity index (χ0n) is 12.0. The lowest BCUT2D eigenvalue weighted by Crippen LogP contribution is -2.48. The Morgan fingerprint density at radius 1 is 1.50 bits per heavy atom. The molecule has 1 aliphatic heterocycles. The Hall–Kier alpha value is -1.26. The summed E-state index contributed by atoms with van der Waals surface area (Å²) in [5.74, 6) is 0. The minimum atomic E-state index is -3.70. The summed E-state index contributed by atoms with van der Waals surface area (Å²) < 4.78 is 31.9. The van der Waals surface area contributed by atoms with Gasteiger partial charge in [0.15, 0.2) is 0 Å². The number of nitro benzene ring substituents is 1. The number of aryl methyl sites for hydroxylation is 1. The monoisotopic (exact) mass is 351 g/mol. The molecule has 1 aromatic rings. The minimum absolute atomic E-state index is 0. The first-order valence-corrected chi connectivity index (χ1v) is 7.87. The third kappa shape index (κ3) is 3.73. The van der Waals surface area contributed by atoms with Crippen molar-refractivity contribution in [3.05, 3.63) is 33.9 Å². The molecule has 22 heavy (non-hydrogen) atoms. The Kier molecular flexibility index (Phi) is 6.27. The minimum Gasteiger partial charge on any atom is -0.374 e. The maximum atomic E-state index is 12.6. The molecule has 0 aromatic heterocycles. The normalized spacial score (nSPS) is 19.5. The lowest BCUT2D eigenvalue weighted by Gasteiger charge is -2.31. The zero-order valence-corrected chi connectivity index (χ0v) is 13.6. The van der Waals surface area contributed by atoms with Crippen molar-refractivity contribution in [2.24, 2.45) is 5.73 Å². The van der Waals surface area contributed by atoms with Crippen molar-refractivity contribution < 1.29 is 18.1 Å². The van der Waals surface area contributed by atoms with E-state index in [0.29, 0.717) is 5.56 Å². The van der Waals surface area contributed by atoms with Crippen LogP contribution in [-0.2, 0) is 14.8 Å². The lowest BCUT2D eigenvalue weighted by molar-refractivity contribution is -0.385. The van der Waals surface area contributed by atoms with Crippen LogP contribution in [0.25, 0.3) is 0 Å². The van der Waals surface area contributed by atoms with Gasteiger partial charge < -0.3 is 10.5 Å². The summed E-state index contributed by atoms with van der Waals surface area (Å²) in [4.78, 5) is 10.2. The molecule has 1 heterocycles. The first kappa shape index (κ1) is 18.8. The fourth-order valence-electron chi connectivity index (χ4n) is 2.23. The predicted molar refractivity (Wildman–Crippen MR) is 82.6 cm³/mol. The van der Waals surface area contributed by atoms with Crippen molar-refractivity contribution in [2.45, 2.75) is 17.9 Å². The molecule has 10 heteroatoms. The molecule has 8 nitrogen and oxygen atoms in total. The van der Waals surface area contributed by atoms with Gasteiger partial charge in [-0.1, -0.05) is 0 Å². The number of benzene rings is 1. The van der Waals surface area contributed by atoms with Crippen LogP contribution in [0, 0.1) is 17.0 Å². The van der Waals surface area contributed by atoms with E-state index in [0.717, 1.165) is 0 Å². The summed E-state index contributed by atoms with van der Waals surface area (Å²) in [7, 11) is -3.70. The van der Waals surface area contributed by atoms with Gasteiger partial charge in [0, 0.05) is 31.8 Å². The van der Waals surface area contributed by atoms with Crippen molar-refractivity contribution >= 4 is 28.1 Å². The summed E-state index contributed by atoms with van der Waals surface area (Å²) in [6, 6.07) is 3.73. The van der Waals surface area contributed by atoms with E-state index in [-0.39, 0.29) is 55.3 Å². The van der Waals surface area contributed by atoms with Gasteiger partial charge in [0.25, 0.3) is 5.69 Å². The van der Waals surface area contributed by atoms with Crippen LogP contribution in [0.2, 0.25) is 0 Å². The summed E-state index contributed by atoms with van der Waals surface area (Å²) in [6.45, 7) is 2.50. The van der Waals surface area contributed by atoms with E-state index in [2.05, 4.69) is 0 Å². The molecule has 1 unspecified atom stereocenters. The van der Waals surface area contributed by atoms with Crippen molar-refractivity contribution in [1.29, 1.82) is 0 Å². The summed E-state index contributed by atoms with van der Waals surface area (Å²) in [5.41, 5.74) is 5.73. The maximum absolute atomic E-state index is 12.6. The van der Waals surface area contributed by atoms with Crippen molar-refractivity contribution in [2.75, 3.05) is 26.2 Å². The van der Waals surface area contributed by atoms with E-state index in [9.17, 15) is 18.5 Å². The number of sulfonamides is 1. The number of morpholine rings is 1. The number of nitrogens with zero attached hydrogens (tertiary/aromatic N) is 2. The first-order valence-electron chi connectivity index (χ1n) is 6.43. The second-order valence-corrected chi connectivity index (χ2v) is 6.70. The van der Waals surface area contributed by atoms with Gasteiger partial charge in [-0.05, 0) is 18.6 Å². The predicted octanol–water partition coefficient (Wildman–Crippen LogP) is 0.673. The van der Waals surface area contributed by atoms with Crippen LogP contribution in [0.3, 0.4) is 0 Å². The highest BCUT2D eigenvalue weighted by atomic mass is 35.5. The molecule has 1 atom stereocenters. The number of ether oxygens (including phenoxy) is 1. The molecule has 0 saturated carbocycles. The number of halogens is 1. The third-order valence-corrected chi connectivity index (χ3v) is 5.38. The second-order valence-electron chi connectivity index (χ2n) is 4.80. The van der Waals surface area contributed by atoms with Gasteiger partial charge in [0.2, 0.25) is 10.0 Å². The van der Waals surface area contributed by atoms with Crippen LogP contribution in [0.4, 0.5) is 5.69 Å². The molecule has 1 fully saturated rings. The van der Waals surface area contributed by atoms with Gasteiger partial charge in [-0.2, -0.15) is 4.31 Å². The standard InChI is InChI=1S/C12H17N3O5S.ClH/c1-9-6-10(15(16)17)2-3-12(9)21(18,19)14-4-5-20-11(7-13)8-14;/h2-3,6,11H,4-5,7-8,13H2,1H3;1H. The number of rotatable bonds is 4. The highest BCUT2D eigenvalue weighted by molar-refractivity contribution is 7.89. The molecular formula is C12H18ClN3O5S. The van der Waals surface area contributed by atoms with Gasteiger partial charge in [-0.15, -0.1) is 12.4 Å². The van der Waals surface area contributed by atoms with Gasteiger partial charge in [0.1, 0.15) is 0 Å². The molecule has 2 rings (SSSR count). The Morgan fingerprint density at radius 2 is 2.18 bits per heavy atom. The zero-order chi connectivity index (χ0) is 15.6. The van der Waals surface area contributed by atoms with E-state index in [1.165, 1.54) is 22.5 Å². The Morgan fingerprint density at radius 3 is 2.73 bits per heavy atom. The fraction of sp³-hybridized carbons (Fsp3) is 0.500. The van der Waals surface area contributed by atoms with E-state index in [1.807, 2.05) is 0 Å². The lowest BCUT2D eigenvalue weighted by atomic mass is 10.2. The number of non-ortho nitro benzene ring substituents is 1. The van der Waals surface area contributed by atoms with E-state index >= 15 is 0 Å². The number of nitro groups is 1. The maximum Gasteiger partial charge on any atom is 0.269 e. The smallest absolute Gasteiger partial charge is 0.269 e. The van der Waals surface area contributed by atoms with Crippen LogP contribution in [0.15, 0.2) is 23.1 Å². The average Bonchev–Trinajstić information content (AvgIpc) is 2.46. The summed E-state index contributed by atoms with van der Waals surface area (Å²) in [6.07, 6.45) is -0.327. The third-order valence-electron chi connectivity index (χ3n) is 3.35. The largest absolute Gasteiger partial charge is 0.374 e. The first-order chi connectivity index (χ1) is 9.86. The summed E-state index contributed by atoms with van der Waals surface area (Å²) >= 11 is 0. The molecule has 1 saturated heterocycles. The molecule has 0 radical (unpaired) electrons. The molecular weight excluding hydrogens is 334 g/mol. The van der Waals surface area contributed by atoms with Crippen molar-refractivity contribution in [3.8, 4) is 0 Å². The highest BCUT2D eigenvalue weighted by Crippen LogP contribution is 2.25. The Balaban J connectivity index is 0.00000242. The number of nitrogens with two attached hydrogens (primary N) is 1. The molecule has 1 aromatic carbocycles. The van der Waals surface area contributed by atoms with E-state index < -0.39 is 14.9 Å². The Labute approximate surface area is 134 Å². The topological polar surface area (TPSA) is 116 Å². The second kappa shape index (κ2) is 7.34. The molecule has 0 bridgehead atoms. The molecule has 0 amide bonds. The van der Waals surface area contributed by atoms with Crippen LogP contribution < -0.4 is 5.73 Å². The van der Waals surface area contributed by atoms with Gasteiger partial charge in [-0.3, -0.25) is 10.1 Å².